The molecule has 1 saturated carbocycles. The topological polar surface area (TPSA) is 100 Å². The normalized spacial score (nSPS) is 27.0. The highest BCUT2D eigenvalue weighted by Crippen LogP contribution is 2.30. The number of phenolic OH excluding ortho intramolecular Hbond substituents is 1. The van der Waals surface area contributed by atoms with Crippen LogP contribution in [-0.2, 0) is 15.9 Å². The smallest absolute Gasteiger partial charge is 0.130 e. The van der Waals surface area contributed by atoms with Crippen LogP contribution in [-0.4, -0.2) is 65.5 Å². The fourth-order valence-electron chi connectivity index (χ4n) is 4.94. The van der Waals surface area contributed by atoms with Crippen LogP contribution in [0, 0.1) is 13.8 Å². The summed E-state index contributed by atoms with van der Waals surface area (Å²) in [4.78, 5) is 0. The molecule has 3 unspecified atom stereocenters. The van der Waals surface area contributed by atoms with E-state index in [9.17, 15) is 15.3 Å². The van der Waals surface area contributed by atoms with Gasteiger partial charge in [-0.1, -0.05) is 12.1 Å². The van der Waals surface area contributed by atoms with Gasteiger partial charge in [0.2, 0.25) is 0 Å². The van der Waals surface area contributed by atoms with Crippen LogP contribution < -0.4 is 10.1 Å². The molecule has 1 heterocycles. The van der Waals surface area contributed by atoms with Gasteiger partial charge in [-0.2, -0.15) is 0 Å². The third-order valence-electron chi connectivity index (χ3n) is 7.16. The molecule has 2 aromatic carbocycles. The summed E-state index contributed by atoms with van der Waals surface area (Å²) >= 11 is 0. The van der Waals surface area contributed by atoms with Gasteiger partial charge < -0.3 is 34.8 Å². The van der Waals surface area contributed by atoms with Crippen molar-refractivity contribution < 1.29 is 29.5 Å². The van der Waals surface area contributed by atoms with E-state index >= 15 is 0 Å². The fraction of sp³-hybridized carbons (Fsp3) is 0.571. The summed E-state index contributed by atoms with van der Waals surface area (Å²) in [7, 11) is 0. The molecule has 1 aliphatic heterocycles. The van der Waals surface area contributed by atoms with Crippen molar-refractivity contribution in [3.63, 3.8) is 0 Å². The van der Waals surface area contributed by atoms with E-state index in [0.29, 0.717) is 25.7 Å². The number of aryl methyl sites for hydroxylation is 2. The van der Waals surface area contributed by atoms with Gasteiger partial charge in [0.25, 0.3) is 0 Å². The molecular weight excluding hydrogens is 446 g/mol. The van der Waals surface area contributed by atoms with Gasteiger partial charge in [-0.15, -0.1) is 0 Å². The van der Waals surface area contributed by atoms with Crippen molar-refractivity contribution in [3.05, 3.63) is 53.1 Å². The lowest BCUT2D eigenvalue weighted by atomic mass is 9.92. The zero-order chi connectivity index (χ0) is 24.8. The Morgan fingerprint density at radius 1 is 0.943 bits per heavy atom. The molecule has 0 radical (unpaired) electrons. The van der Waals surface area contributed by atoms with Crippen molar-refractivity contribution in [2.45, 2.75) is 82.8 Å². The Kier molecular flexibility index (Phi) is 9.03. The molecule has 35 heavy (non-hydrogen) atoms. The van der Waals surface area contributed by atoms with Crippen LogP contribution in [0.2, 0.25) is 0 Å². The maximum atomic E-state index is 10.0. The molecule has 4 rings (SSSR count). The Hall–Kier alpha value is -2.16. The molecular formula is C28H39NO6. The van der Waals surface area contributed by atoms with Gasteiger partial charge in [-0.3, -0.25) is 0 Å². The van der Waals surface area contributed by atoms with Crippen LogP contribution >= 0.6 is 0 Å². The zero-order valence-corrected chi connectivity index (χ0v) is 20.8. The maximum absolute atomic E-state index is 10.0. The summed E-state index contributed by atoms with van der Waals surface area (Å²) in [5.74, 6) is 1.82. The van der Waals surface area contributed by atoms with Crippen molar-refractivity contribution in [3.8, 4) is 17.2 Å². The number of aromatic hydroxyl groups is 1. The van der Waals surface area contributed by atoms with Crippen LogP contribution in [0.15, 0.2) is 36.4 Å². The Morgan fingerprint density at radius 3 is 2.37 bits per heavy atom. The van der Waals surface area contributed by atoms with Crippen LogP contribution in [0.5, 0.6) is 17.2 Å². The average molecular weight is 486 g/mol. The molecule has 1 aliphatic carbocycles. The number of hydrogen-bond donors (Lipinski definition) is 4. The highest BCUT2D eigenvalue weighted by atomic mass is 16.5. The predicted molar refractivity (Wildman–Crippen MR) is 134 cm³/mol. The number of aliphatic hydroxyl groups is 2. The average Bonchev–Trinajstić information content (AvgIpc) is 2.84. The van der Waals surface area contributed by atoms with Gasteiger partial charge in [0.15, 0.2) is 0 Å². The minimum absolute atomic E-state index is 0.190. The SMILES string of the molecule is Cc1cc(O)ccc1Oc1ccc(CCNC2CCC(OCC3OCCC(O)C3O)CC2)cc1C. The first kappa shape index (κ1) is 25.9. The summed E-state index contributed by atoms with van der Waals surface area (Å²) in [5.41, 5.74) is 3.26. The van der Waals surface area contributed by atoms with Crippen molar-refractivity contribution in [2.24, 2.45) is 0 Å². The Balaban J connectivity index is 1.16. The van der Waals surface area contributed by atoms with E-state index in [-0.39, 0.29) is 11.9 Å². The van der Waals surface area contributed by atoms with Crippen LogP contribution in [0.4, 0.5) is 0 Å². The quantitative estimate of drug-likeness (QED) is 0.429. The highest BCUT2D eigenvalue weighted by molar-refractivity contribution is 5.44. The number of nitrogens with one attached hydrogen (secondary N) is 1. The summed E-state index contributed by atoms with van der Waals surface area (Å²) in [6.45, 7) is 5.71. The van der Waals surface area contributed by atoms with Crippen LogP contribution in [0.3, 0.4) is 0 Å². The van der Waals surface area contributed by atoms with Crippen LogP contribution in [0.1, 0.15) is 48.8 Å². The standard InChI is InChI=1S/C28H39NO6/c1-18-15-20(3-9-25(18)35-26-10-6-22(30)16-19(26)2)11-13-29-21-4-7-23(8-5-21)34-17-27-28(32)24(31)12-14-33-27/h3,6,9-10,15-16,21,23-24,27-32H,4-5,7-8,11-14,17H2,1-2H3. The number of phenols is 1. The largest absolute Gasteiger partial charge is 0.508 e. The van der Waals surface area contributed by atoms with Gasteiger partial charge in [-0.25, -0.2) is 0 Å². The lowest BCUT2D eigenvalue weighted by Crippen LogP contribution is -2.47. The first-order valence-electron chi connectivity index (χ1n) is 12.8. The van der Waals surface area contributed by atoms with Gasteiger partial charge in [0.1, 0.15) is 29.5 Å². The molecule has 7 heteroatoms. The second-order valence-corrected chi connectivity index (χ2v) is 9.92. The first-order valence-corrected chi connectivity index (χ1v) is 12.8. The van der Waals surface area contributed by atoms with E-state index in [0.717, 1.165) is 61.3 Å². The van der Waals surface area contributed by atoms with Crippen molar-refractivity contribution in [1.29, 1.82) is 0 Å². The summed E-state index contributed by atoms with van der Waals surface area (Å²) in [6, 6.07) is 11.9. The monoisotopic (exact) mass is 485 g/mol. The summed E-state index contributed by atoms with van der Waals surface area (Å²) in [6.07, 6.45) is 3.74. The molecule has 0 spiro atoms. The first-order chi connectivity index (χ1) is 16.9. The molecule has 0 bridgehead atoms. The van der Waals surface area contributed by atoms with E-state index in [1.807, 2.05) is 13.0 Å². The molecule has 0 aromatic heterocycles. The fourth-order valence-corrected chi connectivity index (χ4v) is 4.94. The number of ether oxygens (including phenoxy) is 3. The Bertz CT molecular complexity index is 958. The third-order valence-corrected chi connectivity index (χ3v) is 7.16. The van der Waals surface area contributed by atoms with E-state index in [1.54, 1.807) is 18.2 Å². The molecule has 2 aliphatic rings. The number of benzene rings is 2. The van der Waals surface area contributed by atoms with E-state index < -0.39 is 18.3 Å². The summed E-state index contributed by atoms with van der Waals surface area (Å²) in [5, 5.41) is 33.1. The zero-order valence-electron chi connectivity index (χ0n) is 20.8. The van der Waals surface area contributed by atoms with Gasteiger partial charge in [-0.05, 0) is 99.9 Å². The molecule has 4 N–H and O–H groups in total. The highest BCUT2D eigenvalue weighted by Gasteiger charge is 2.32. The maximum Gasteiger partial charge on any atom is 0.130 e. The van der Waals surface area contributed by atoms with Crippen molar-refractivity contribution in [2.75, 3.05) is 19.8 Å². The van der Waals surface area contributed by atoms with Crippen molar-refractivity contribution in [1.82, 2.24) is 5.32 Å². The molecule has 1 saturated heterocycles. The lowest BCUT2D eigenvalue weighted by Gasteiger charge is -2.34. The van der Waals surface area contributed by atoms with Gasteiger partial charge >= 0.3 is 0 Å². The second kappa shape index (κ2) is 12.2. The number of rotatable bonds is 9. The Morgan fingerprint density at radius 2 is 1.66 bits per heavy atom. The predicted octanol–water partition coefficient (Wildman–Crippen LogP) is 3.77. The van der Waals surface area contributed by atoms with E-state index in [2.05, 4.69) is 24.4 Å². The molecule has 0 amide bonds. The minimum atomic E-state index is -0.858. The molecule has 7 nitrogen and oxygen atoms in total. The molecule has 192 valence electrons. The minimum Gasteiger partial charge on any atom is -0.508 e. The molecule has 2 aromatic rings. The van der Waals surface area contributed by atoms with E-state index in [1.165, 1.54) is 5.56 Å². The lowest BCUT2D eigenvalue weighted by molar-refractivity contribution is -0.163. The third kappa shape index (κ3) is 7.18. The van der Waals surface area contributed by atoms with Crippen molar-refractivity contribution >= 4 is 0 Å². The number of hydrogen-bond acceptors (Lipinski definition) is 7. The van der Waals surface area contributed by atoms with Crippen LogP contribution in [0.25, 0.3) is 0 Å². The Labute approximate surface area is 208 Å². The number of aliphatic hydroxyl groups excluding tert-OH is 2. The summed E-state index contributed by atoms with van der Waals surface area (Å²) < 4.78 is 17.6. The van der Waals surface area contributed by atoms with Gasteiger partial charge in [0.05, 0.1) is 18.8 Å². The molecule has 3 atom stereocenters. The second-order valence-electron chi connectivity index (χ2n) is 9.92. The molecule has 2 fully saturated rings. The van der Waals surface area contributed by atoms with Gasteiger partial charge in [0, 0.05) is 12.6 Å². The van der Waals surface area contributed by atoms with E-state index in [4.69, 9.17) is 14.2 Å².